The van der Waals surface area contributed by atoms with Crippen molar-refractivity contribution in [2.75, 3.05) is 0 Å². The molecule has 150 valence electrons. The molecule has 4 rings (SSSR count). The number of aromatic nitrogens is 5. The van der Waals surface area contributed by atoms with Gasteiger partial charge >= 0.3 is 0 Å². The Morgan fingerprint density at radius 1 is 1.14 bits per heavy atom. The van der Waals surface area contributed by atoms with Crippen LogP contribution < -0.4 is 4.74 Å². The molecule has 0 atom stereocenters. The van der Waals surface area contributed by atoms with E-state index in [9.17, 15) is 8.78 Å². The number of rotatable bonds is 5. The smallest absolute Gasteiger partial charge is 0.192 e. The molecule has 0 unspecified atom stereocenters. The molecule has 29 heavy (non-hydrogen) atoms. The van der Waals surface area contributed by atoms with Gasteiger partial charge in [0.05, 0.1) is 11.7 Å². The second kappa shape index (κ2) is 7.11. The molecular weight excluding hydrogens is 400 g/mol. The van der Waals surface area contributed by atoms with Gasteiger partial charge in [0.25, 0.3) is 0 Å². The third-order valence-corrected chi connectivity index (χ3v) is 4.84. The third-order valence-electron chi connectivity index (χ3n) is 4.63. The van der Waals surface area contributed by atoms with E-state index in [0.717, 1.165) is 28.6 Å². The molecule has 0 aliphatic carbocycles. The van der Waals surface area contributed by atoms with Crippen molar-refractivity contribution < 1.29 is 13.5 Å². The standard InChI is InChI=1S/C20H18ClF2N5O/c1-4-28-18(11-5-6-12-10-24-25-16(12)7-11)26-27-19(28)20(2,3)29-17-14(22)8-13(21)9-15(17)23/h5-10H,4H2,1-3H3,(H,24,25). The average molecular weight is 418 g/mol. The highest BCUT2D eigenvalue weighted by Gasteiger charge is 2.33. The summed E-state index contributed by atoms with van der Waals surface area (Å²) < 4.78 is 36.0. The quantitative estimate of drug-likeness (QED) is 0.491. The Hall–Kier alpha value is -3.00. The van der Waals surface area contributed by atoms with Gasteiger partial charge in [-0.15, -0.1) is 10.2 Å². The van der Waals surface area contributed by atoms with Gasteiger partial charge in [-0.2, -0.15) is 5.10 Å². The Balaban J connectivity index is 1.75. The fourth-order valence-corrected chi connectivity index (χ4v) is 3.46. The van der Waals surface area contributed by atoms with Crippen molar-refractivity contribution in [3.05, 3.63) is 59.0 Å². The highest BCUT2D eigenvalue weighted by Crippen LogP contribution is 2.34. The van der Waals surface area contributed by atoms with Gasteiger partial charge < -0.3 is 9.30 Å². The summed E-state index contributed by atoms with van der Waals surface area (Å²) in [6.45, 7) is 5.83. The molecule has 9 heteroatoms. The first-order valence-corrected chi connectivity index (χ1v) is 9.38. The zero-order chi connectivity index (χ0) is 20.8. The van der Waals surface area contributed by atoms with Crippen molar-refractivity contribution in [2.24, 2.45) is 0 Å². The molecule has 0 spiro atoms. The van der Waals surface area contributed by atoms with E-state index in [1.54, 1.807) is 20.0 Å². The molecule has 0 fully saturated rings. The lowest BCUT2D eigenvalue weighted by atomic mass is 10.1. The van der Waals surface area contributed by atoms with Gasteiger partial charge in [-0.25, -0.2) is 8.78 Å². The van der Waals surface area contributed by atoms with Crippen LogP contribution in [0.2, 0.25) is 5.02 Å². The minimum Gasteiger partial charge on any atom is -0.474 e. The summed E-state index contributed by atoms with van der Waals surface area (Å²) in [6, 6.07) is 7.79. The third kappa shape index (κ3) is 3.44. The number of nitrogens with zero attached hydrogens (tertiary/aromatic N) is 4. The average Bonchev–Trinajstić information content (AvgIpc) is 3.30. The summed E-state index contributed by atoms with van der Waals surface area (Å²) in [5, 5.41) is 16.5. The van der Waals surface area contributed by atoms with Gasteiger partial charge in [0, 0.05) is 22.5 Å². The van der Waals surface area contributed by atoms with Gasteiger partial charge in [0.15, 0.2) is 34.6 Å². The first kappa shape index (κ1) is 19.3. The van der Waals surface area contributed by atoms with Crippen LogP contribution in [0, 0.1) is 11.6 Å². The van der Waals surface area contributed by atoms with Crippen molar-refractivity contribution in [1.29, 1.82) is 0 Å². The first-order valence-electron chi connectivity index (χ1n) is 9.01. The van der Waals surface area contributed by atoms with Crippen LogP contribution in [0.5, 0.6) is 5.75 Å². The molecule has 0 radical (unpaired) electrons. The lowest BCUT2D eigenvalue weighted by Gasteiger charge is -2.26. The number of nitrogens with one attached hydrogen (secondary N) is 1. The van der Waals surface area contributed by atoms with E-state index >= 15 is 0 Å². The predicted octanol–water partition coefficient (Wildman–Crippen LogP) is 5.09. The van der Waals surface area contributed by atoms with E-state index < -0.39 is 23.0 Å². The molecule has 4 aromatic rings. The number of hydrogen-bond donors (Lipinski definition) is 1. The Bertz CT molecular complexity index is 1180. The molecule has 0 saturated heterocycles. The summed E-state index contributed by atoms with van der Waals surface area (Å²) in [7, 11) is 0. The van der Waals surface area contributed by atoms with Crippen LogP contribution in [0.15, 0.2) is 36.5 Å². The molecule has 2 aromatic heterocycles. The number of halogens is 3. The summed E-state index contributed by atoms with van der Waals surface area (Å²) in [6.07, 6.45) is 1.74. The van der Waals surface area contributed by atoms with Crippen molar-refractivity contribution in [1.82, 2.24) is 25.0 Å². The summed E-state index contributed by atoms with van der Waals surface area (Å²) in [5.74, 6) is -1.21. The highest BCUT2D eigenvalue weighted by atomic mass is 35.5. The first-order chi connectivity index (χ1) is 13.8. The van der Waals surface area contributed by atoms with E-state index in [4.69, 9.17) is 16.3 Å². The van der Waals surface area contributed by atoms with Gasteiger partial charge in [0.2, 0.25) is 0 Å². The van der Waals surface area contributed by atoms with Crippen molar-refractivity contribution in [2.45, 2.75) is 32.9 Å². The van der Waals surface area contributed by atoms with Gasteiger partial charge in [-0.05, 0) is 39.0 Å². The Labute approximate surface area is 170 Å². The molecule has 0 aliphatic heterocycles. The molecule has 0 saturated carbocycles. The number of benzene rings is 2. The lowest BCUT2D eigenvalue weighted by molar-refractivity contribution is 0.0827. The second-order valence-electron chi connectivity index (χ2n) is 7.07. The van der Waals surface area contributed by atoms with E-state index in [1.807, 2.05) is 29.7 Å². The number of aromatic amines is 1. The molecule has 2 heterocycles. The Kier molecular flexibility index (Phi) is 4.74. The Morgan fingerprint density at radius 2 is 1.86 bits per heavy atom. The fourth-order valence-electron chi connectivity index (χ4n) is 3.26. The zero-order valence-corrected chi connectivity index (χ0v) is 16.8. The number of H-pyrrole nitrogens is 1. The molecule has 1 N–H and O–H groups in total. The topological polar surface area (TPSA) is 68.6 Å². The van der Waals surface area contributed by atoms with Crippen molar-refractivity contribution in [3.8, 4) is 17.1 Å². The number of hydrogen-bond acceptors (Lipinski definition) is 4. The normalized spacial score (nSPS) is 11.9. The van der Waals surface area contributed by atoms with Crippen molar-refractivity contribution in [3.63, 3.8) is 0 Å². The van der Waals surface area contributed by atoms with Crippen LogP contribution in [0.1, 0.15) is 26.6 Å². The lowest BCUT2D eigenvalue weighted by Crippen LogP contribution is -2.30. The number of ether oxygens (including phenoxy) is 1. The Morgan fingerprint density at radius 3 is 2.55 bits per heavy atom. The highest BCUT2D eigenvalue weighted by molar-refractivity contribution is 6.30. The van der Waals surface area contributed by atoms with E-state index in [1.165, 1.54) is 0 Å². The van der Waals surface area contributed by atoms with Crippen LogP contribution in [-0.2, 0) is 12.1 Å². The fraction of sp³-hybridized carbons (Fsp3) is 0.250. The van der Waals surface area contributed by atoms with Crippen LogP contribution in [0.3, 0.4) is 0 Å². The molecule has 0 amide bonds. The maximum atomic E-state index is 14.2. The largest absolute Gasteiger partial charge is 0.474 e. The predicted molar refractivity (Wildman–Crippen MR) is 106 cm³/mol. The maximum absolute atomic E-state index is 14.2. The minimum atomic E-state index is -1.16. The molecule has 2 aromatic carbocycles. The van der Waals surface area contributed by atoms with Gasteiger partial charge in [-0.3, -0.25) is 5.10 Å². The molecule has 6 nitrogen and oxygen atoms in total. The zero-order valence-electron chi connectivity index (χ0n) is 16.0. The summed E-state index contributed by atoms with van der Waals surface area (Å²) >= 11 is 5.69. The van der Waals surface area contributed by atoms with Crippen LogP contribution in [0.4, 0.5) is 8.78 Å². The monoisotopic (exact) mass is 417 g/mol. The van der Waals surface area contributed by atoms with Gasteiger partial charge in [0.1, 0.15) is 0 Å². The second-order valence-corrected chi connectivity index (χ2v) is 7.51. The summed E-state index contributed by atoms with van der Waals surface area (Å²) in [4.78, 5) is 0. The van der Waals surface area contributed by atoms with E-state index in [0.29, 0.717) is 18.2 Å². The SMILES string of the molecule is CCn1c(-c2ccc3cn[nH]c3c2)nnc1C(C)(C)Oc1c(F)cc(Cl)cc1F. The molecule has 0 aliphatic rings. The summed E-state index contributed by atoms with van der Waals surface area (Å²) in [5.41, 5.74) is 0.548. The van der Waals surface area contributed by atoms with Crippen LogP contribution in [-0.4, -0.2) is 25.0 Å². The molecular formula is C20H18ClF2N5O. The van der Waals surface area contributed by atoms with E-state index in [2.05, 4.69) is 20.4 Å². The maximum Gasteiger partial charge on any atom is 0.192 e. The number of fused-ring (bicyclic) bond motifs is 1. The minimum absolute atomic E-state index is 0.0432. The van der Waals surface area contributed by atoms with Crippen LogP contribution in [0.25, 0.3) is 22.3 Å². The van der Waals surface area contributed by atoms with Crippen LogP contribution >= 0.6 is 11.6 Å². The van der Waals surface area contributed by atoms with E-state index in [-0.39, 0.29) is 5.02 Å². The van der Waals surface area contributed by atoms with Crippen molar-refractivity contribution >= 4 is 22.5 Å². The molecule has 0 bridgehead atoms. The van der Waals surface area contributed by atoms with Gasteiger partial charge in [-0.1, -0.05) is 23.7 Å².